The van der Waals surface area contributed by atoms with E-state index in [4.69, 9.17) is 31.0 Å². The van der Waals surface area contributed by atoms with Gasteiger partial charge < -0.3 is 19.3 Å². The number of nitrogens with zero attached hydrogens (tertiary/aromatic N) is 6. The summed E-state index contributed by atoms with van der Waals surface area (Å²) in [4.78, 5) is 38.4. The van der Waals surface area contributed by atoms with Crippen molar-refractivity contribution in [3.05, 3.63) is 70.6 Å². The van der Waals surface area contributed by atoms with E-state index in [0.29, 0.717) is 53.6 Å². The molecule has 228 valence electrons. The standard InChI is InChI=1S/C32H39ClN6O4/c1-8-39-21(2)23(19-34-39)20-38(7)30(40)28-26-18-24(33)12-15-27(26)35-29(36-28)22-10-13-25(14-11-22)42-17-9-16-37(6)31(41)43-32(3,4)5/h10-15,18-19H,8-9,16-17,20H2,1-7H3. The lowest BCUT2D eigenvalue weighted by atomic mass is 10.1. The second-order valence-electron chi connectivity index (χ2n) is 11.4. The van der Waals surface area contributed by atoms with Crippen molar-refractivity contribution >= 4 is 34.5 Å². The largest absolute Gasteiger partial charge is 0.494 e. The van der Waals surface area contributed by atoms with E-state index < -0.39 is 5.60 Å². The fourth-order valence-electron chi connectivity index (χ4n) is 4.48. The zero-order valence-electron chi connectivity index (χ0n) is 25.8. The molecule has 0 aliphatic rings. The van der Waals surface area contributed by atoms with Gasteiger partial charge in [-0.2, -0.15) is 5.10 Å². The van der Waals surface area contributed by atoms with Crippen LogP contribution in [0, 0.1) is 6.92 Å². The lowest BCUT2D eigenvalue weighted by Crippen LogP contribution is -2.35. The van der Waals surface area contributed by atoms with Crippen molar-refractivity contribution in [2.75, 3.05) is 27.2 Å². The van der Waals surface area contributed by atoms with Gasteiger partial charge in [0.2, 0.25) is 0 Å². The average molecular weight is 607 g/mol. The summed E-state index contributed by atoms with van der Waals surface area (Å²) in [5.41, 5.74) is 3.10. The van der Waals surface area contributed by atoms with Crippen molar-refractivity contribution in [1.29, 1.82) is 0 Å². The fraction of sp³-hybridized carbons (Fsp3) is 0.406. The van der Waals surface area contributed by atoms with Crippen LogP contribution in [0.25, 0.3) is 22.3 Å². The first-order valence-electron chi connectivity index (χ1n) is 14.3. The number of rotatable bonds is 10. The summed E-state index contributed by atoms with van der Waals surface area (Å²) in [5, 5.41) is 5.48. The molecule has 0 bridgehead atoms. The summed E-state index contributed by atoms with van der Waals surface area (Å²) >= 11 is 6.30. The molecule has 0 saturated heterocycles. The third-order valence-corrected chi connectivity index (χ3v) is 7.08. The zero-order chi connectivity index (χ0) is 31.3. The number of aromatic nitrogens is 4. The molecule has 0 aliphatic heterocycles. The molecule has 2 amide bonds. The highest BCUT2D eigenvalue weighted by Gasteiger charge is 2.22. The highest BCUT2D eigenvalue weighted by Crippen LogP contribution is 2.27. The van der Waals surface area contributed by atoms with Gasteiger partial charge in [0.05, 0.1) is 18.3 Å². The second kappa shape index (κ2) is 13.4. The number of amides is 2. The SMILES string of the molecule is CCn1ncc(CN(C)C(=O)c2nc(-c3ccc(OCCCN(C)C(=O)OC(C)(C)C)cc3)nc3ccc(Cl)cc23)c1C. The molecule has 0 unspecified atom stereocenters. The Labute approximate surface area is 257 Å². The van der Waals surface area contributed by atoms with E-state index in [9.17, 15) is 9.59 Å². The minimum Gasteiger partial charge on any atom is -0.494 e. The van der Waals surface area contributed by atoms with Crippen LogP contribution >= 0.6 is 11.6 Å². The maximum Gasteiger partial charge on any atom is 0.410 e. The number of halogens is 1. The van der Waals surface area contributed by atoms with Crippen LogP contribution in [0.2, 0.25) is 5.02 Å². The summed E-state index contributed by atoms with van der Waals surface area (Å²) < 4.78 is 13.2. The Morgan fingerprint density at radius 2 is 1.74 bits per heavy atom. The Kier molecular flexibility index (Phi) is 9.91. The van der Waals surface area contributed by atoms with E-state index in [0.717, 1.165) is 23.4 Å². The van der Waals surface area contributed by atoms with E-state index >= 15 is 0 Å². The highest BCUT2D eigenvalue weighted by atomic mass is 35.5. The van der Waals surface area contributed by atoms with Gasteiger partial charge in [-0.15, -0.1) is 0 Å². The van der Waals surface area contributed by atoms with Crippen LogP contribution in [-0.4, -0.2) is 74.4 Å². The molecule has 0 saturated carbocycles. The van der Waals surface area contributed by atoms with Crippen molar-refractivity contribution < 1.29 is 19.1 Å². The molecule has 0 fully saturated rings. The maximum absolute atomic E-state index is 13.7. The number of fused-ring (bicyclic) bond motifs is 1. The van der Waals surface area contributed by atoms with Gasteiger partial charge in [0, 0.05) is 61.0 Å². The number of benzene rings is 2. The molecule has 11 heteroatoms. The molecule has 43 heavy (non-hydrogen) atoms. The fourth-order valence-corrected chi connectivity index (χ4v) is 4.66. The Morgan fingerprint density at radius 1 is 1.02 bits per heavy atom. The Bertz CT molecular complexity index is 1600. The lowest BCUT2D eigenvalue weighted by Gasteiger charge is -2.24. The molecule has 4 aromatic rings. The first kappa shape index (κ1) is 31.7. The third-order valence-electron chi connectivity index (χ3n) is 6.84. The zero-order valence-corrected chi connectivity index (χ0v) is 26.6. The monoisotopic (exact) mass is 606 g/mol. The van der Waals surface area contributed by atoms with Crippen LogP contribution < -0.4 is 4.74 Å². The van der Waals surface area contributed by atoms with Crippen molar-refractivity contribution in [1.82, 2.24) is 29.5 Å². The van der Waals surface area contributed by atoms with Crippen LogP contribution in [0.4, 0.5) is 4.79 Å². The van der Waals surface area contributed by atoms with Crippen LogP contribution in [0.5, 0.6) is 5.75 Å². The number of aryl methyl sites for hydroxylation is 1. The van der Waals surface area contributed by atoms with E-state index in [1.54, 1.807) is 43.4 Å². The van der Waals surface area contributed by atoms with Gasteiger partial charge in [-0.25, -0.2) is 14.8 Å². The molecule has 0 spiro atoms. The molecule has 10 nitrogen and oxygen atoms in total. The predicted octanol–water partition coefficient (Wildman–Crippen LogP) is 6.38. The summed E-state index contributed by atoms with van der Waals surface area (Å²) in [6.07, 6.45) is 2.08. The maximum atomic E-state index is 13.7. The summed E-state index contributed by atoms with van der Waals surface area (Å²) in [5.74, 6) is 0.859. The van der Waals surface area contributed by atoms with Gasteiger partial charge in [-0.1, -0.05) is 11.6 Å². The molecule has 0 atom stereocenters. The van der Waals surface area contributed by atoms with Crippen molar-refractivity contribution in [3.8, 4) is 17.1 Å². The molecule has 2 heterocycles. The van der Waals surface area contributed by atoms with Gasteiger partial charge in [-0.3, -0.25) is 9.48 Å². The van der Waals surface area contributed by atoms with Crippen LogP contribution in [0.3, 0.4) is 0 Å². The van der Waals surface area contributed by atoms with E-state index in [1.165, 1.54) is 4.90 Å². The Hall–Kier alpha value is -4.18. The van der Waals surface area contributed by atoms with Crippen LogP contribution in [0.15, 0.2) is 48.7 Å². The third kappa shape index (κ3) is 8.01. The van der Waals surface area contributed by atoms with Gasteiger partial charge >= 0.3 is 6.09 Å². The van der Waals surface area contributed by atoms with Gasteiger partial charge in [-0.05, 0) is 83.5 Å². The normalized spacial score (nSPS) is 11.4. The van der Waals surface area contributed by atoms with Crippen molar-refractivity contribution in [2.45, 2.75) is 59.7 Å². The highest BCUT2D eigenvalue weighted by molar-refractivity contribution is 6.31. The average Bonchev–Trinajstić information content (AvgIpc) is 3.32. The molecule has 0 N–H and O–H groups in total. The van der Waals surface area contributed by atoms with Crippen LogP contribution in [0.1, 0.15) is 55.9 Å². The number of carbonyl (C=O) groups excluding carboxylic acids is 2. The first-order valence-corrected chi connectivity index (χ1v) is 14.7. The van der Waals surface area contributed by atoms with Gasteiger partial charge in [0.15, 0.2) is 5.82 Å². The van der Waals surface area contributed by atoms with Gasteiger partial charge in [0.1, 0.15) is 17.0 Å². The van der Waals surface area contributed by atoms with Crippen LogP contribution in [-0.2, 0) is 17.8 Å². The van der Waals surface area contributed by atoms with E-state index in [-0.39, 0.29) is 17.7 Å². The second-order valence-corrected chi connectivity index (χ2v) is 11.9. The van der Waals surface area contributed by atoms with Gasteiger partial charge in [0.25, 0.3) is 5.91 Å². The smallest absolute Gasteiger partial charge is 0.410 e. The minimum absolute atomic E-state index is 0.240. The molecule has 0 radical (unpaired) electrons. The molecule has 2 aromatic carbocycles. The molecule has 0 aliphatic carbocycles. The lowest BCUT2D eigenvalue weighted by molar-refractivity contribution is 0.0292. The number of hydrogen-bond acceptors (Lipinski definition) is 7. The predicted molar refractivity (Wildman–Crippen MR) is 167 cm³/mol. The molecular formula is C32H39ClN6O4. The van der Waals surface area contributed by atoms with Crippen molar-refractivity contribution in [3.63, 3.8) is 0 Å². The Balaban J connectivity index is 1.47. The minimum atomic E-state index is -0.534. The summed E-state index contributed by atoms with van der Waals surface area (Å²) in [6, 6.07) is 12.7. The quantitative estimate of drug-likeness (QED) is 0.193. The summed E-state index contributed by atoms with van der Waals surface area (Å²) in [7, 11) is 3.46. The van der Waals surface area contributed by atoms with E-state index in [1.807, 2.05) is 63.6 Å². The molecule has 2 aromatic heterocycles. The van der Waals surface area contributed by atoms with Crippen molar-refractivity contribution in [2.24, 2.45) is 0 Å². The Morgan fingerprint density at radius 3 is 2.40 bits per heavy atom. The number of carbonyl (C=O) groups is 2. The first-order chi connectivity index (χ1) is 20.4. The number of hydrogen-bond donors (Lipinski definition) is 0. The van der Waals surface area contributed by atoms with E-state index in [2.05, 4.69) is 5.10 Å². The number of ether oxygens (including phenoxy) is 2. The molecular weight excluding hydrogens is 568 g/mol. The topological polar surface area (TPSA) is 103 Å². The summed E-state index contributed by atoms with van der Waals surface area (Å²) in [6.45, 7) is 11.6. The molecule has 4 rings (SSSR count).